The summed E-state index contributed by atoms with van der Waals surface area (Å²) in [6.07, 6.45) is 2.70. The minimum atomic E-state index is 0.257. The molecular weight excluding hydrogens is 424 g/mol. The van der Waals surface area contributed by atoms with Crippen molar-refractivity contribution >= 4 is 5.84 Å². The molecular formula is C26H56N8. The maximum atomic E-state index is 5.96. The number of aliphatic imine (C=N–C) groups is 1. The Kier molecular flexibility index (Phi) is 19.8. The van der Waals surface area contributed by atoms with Crippen molar-refractivity contribution < 1.29 is 0 Å². The molecule has 0 spiro atoms. The number of hydrogen-bond donors (Lipinski definition) is 6. The molecule has 0 saturated heterocycles. The number of rotatable bonds is 23. The van der Waals surface area contributed by atoms with Gasteiger partial charge in [-0.15, -0.1) is 0 Å². The molecule has 8 nitrogen and oxygen atoms in total. The summed E-state index contributed by atoms with van der Waals surface area (Å²) in [5, 5.41) is 17.4. The molecule has 0 fully saturated rings. The van der Waals surface area contributed by atoms with E-state index in [0.29, 0.717) is 12.1 Å². The highest BCUT2D eigenvalue weighted by molar-refractivity contribution is 5.80. The van der Waals surface area contributed by atoms with Gasteiger partial charge in [0.2, 0.25) is 0 Å². The monoisotopic (exact) mass is 480 g/mol. The third-order valence-electron chi connectivity index (χ3n) is 4.99. The van der Waals surface area contributed by atoms with Crippen molar-refractivity contribution in [1.82, 2.24) is 31.5 Å². The van der Waals surface area contributed by atoms with Crippen LogP contribution in [0.2, 0.25) is 0 Å². The van der Waals surface area contributed by atoms with E-state index < -0.39 is 0 Å². The minimum absolute atomic E-state index is 0.257. The maximum Gasteiger partial charge on any atom is 0.0953 e. The van der Waals surface area contributed by atoms with E-state index >= 15 is 0 Å². The summed E-state index contributed by atoms with van der Waals surface area (Å²) in [6, 6.07) is 1.13. The van der Waals surface area contributed by atoms with Crippen LogP contribution in [0, 0.1) is 0 Å². The van der Waals surface area contributed by atoms with Crippen LogP contribution >= 0.6 is 0 Å². The van der Waals surface area contributed by atoms with E-state index in [9.17, 15) is 0 Å². The lowest BCUT2D eigenvalue weighted by molar-refractivity contribution is 0.272. The first-order valence-electron chi connectivity index (χ1n) is 13.1. The van der Waals surface area contributed by atoms with E-state index in [1.807, 2.05) is 13.8 Å². The van der Waals surface area contributed by atoms with E-state index in [1.165, 1.54) is 0 Å². The highest BCUT2D eigenvalue weighted by Crippen LogP contribution is 1.95. The third kappa shape index (κ3) is 22.2. The zero-order chi connectivity index (χ0) is 25.8. The Bertz CT molecular complexity index is 525. The second-order valence-corrected chi connectivity index (χ2v) is 9.86. The van der Waals surface area contributed by atoms with Gasteiger partial charge in [0.15, 0.2) is 0 Å². The van der Waals surface area contributed by atoms with Crippen LogP contribution in [-0.4, -0.2) is 87.8 Å². The molecule has 0 aromatic rings. The molecule has 0 aromatic heterocycles. The average Bonchev–Trinajstić information content (AvgIpc) is 2.70. The lowest BCUT2D eigenvalue weighted by Gasteiger charge is -2.23. The summed E-state index contributed by atoms with van der Waals surface area (Å²) in [5.74, 6) is 0.731. The Morgan fingerprint density at radius 1 is 0.676 bits per heavy atom. The molecule has 34 heavy (non-hydrogen) atoms. The van der Waals surface area contributed by atoms with Crippen LogP contribution in [0.3, 0.4) is 0 Å². The fourth-order valence-electron chi connectivity index (χ4n) is 3.47. The fourth-order valence-corrected chi connectivity index (χ4v) is 3.47. The van der Waals surface area contributed by atoms with Gasteiger partial charge in [0.1, 0.15) is 0 Å². The topological polar surface area (TPSA) is 102 Å². The van der Waals surface area contributed by atoms with Crippen LogP contribution in [0.1, 0.15) is 60.8 Å². The Balaban J connectivity index is 4.24. The van der Waals surface area contributed by atoms with Crippen LogP contribution in [0.15, 0.2) is 29.5 Å². The van der Waals surface area contributed by atoms with Crippen molar-refractivity contribution in [3.63, 3.8) is 0 Å². The fraction of sp³-hybridized carbons (Fsp3) is 0.808. The molecule has 0 aliphatic carbocycles. The van der Waals surface area contributed by atoms with E-state index in [0.717, 1.165) is 95.4 Å². The van der Waals surface area contributed by atoms with Gasteiger partial charge in [-0.2, -0.15) is 0 Å². The van der Waals surface area contributed by atoms with Crippen molar-refractivity contribution in [3.8, 4) is 0 Å². The molecule has 0 atom stereocenters. The Labute approximate surface area is 210 Å². The summed E-state index contributed by atoms with van der Waals surface area (Å²) in [4.78, 5) is 6.89. The first-order valence-corrected chi connectivity index (χ1v) is 13.1. The number of hydrogen-bond acceptors (Lipinski definition) is 7. The second kappa shape index (κ2) is 20.7. The number of nitrogens with two attached hydrogens (primary N) is 1. The van der Waals surface area contributed by atoms with Gasteiger partial charge in [-0.3, -0.25) is 9.89 Å². The quantitative estimate of drug-likeness (QED) is 0.0756. The summed E-state index contributed by atoms with van der Waals surface area (Å²) in [5.41, 5.74) is 8.16. The Morgan fingerprint density at radius 2 is 1.06 bits per heavy atom. The highest BCUT2D eigenvalue weighted by Gasteiger charge is 2.05. The van der Waals surface area contributed by atoms with Crippen molar-refractivity contribution in [3.05, 3.63) is 24.6 Å². The van der Waals surface area contributed by atoms with E-state index in [-0.39, 0.29) is 6.04 Å². The van der Waals surface area contributed by atoms with Crippen LogP contribution in [0.4, 0.5) is 0 Å². The van der Waals surface area contributed by atoms with E-state index in [1.54, 1.807) is 0 Å². The predicted octanol–water partition coefficient (Wildman–Crippen LogP) is 2.02. The molecule has 8 heteroatoms. The zero-order valence-electron chi connectivity index (χ0n) is 23.1. The molecule has 0 amide bonds. The molecule has 0 radical (unpaired) electrons. The summed E-state index contributed by atoms with van der Waals surface area (Å²) >= 11 is 0. The van der Waals surface area contributed by atoms with Gasteiger partial charge in [0.25, 0.3) is 0 Å². The lowest BCUT2D eigenvalue weighted by Crippen LogP contribution is -2.41. The van der Waals surface area contributed by atoms with Gasteiger partial charge in [-0.05, 0) is 54.4 Å². The highest BCUT2D eigenvalue weighted by atomic mass is 15.2. The first-order chi connectivity index (χ1) is 16.1. The lowest BCUT2D eigenvalue weighted by atomic mass is 10.3. The van der Waals surface area contributed by atoms with Crippen LogP contribution in [-0.2, 0) is 0 Å². The molecule has 0 aliphatic rings. The standard InChI is InChI=1S/C26H56N8/c1-21(2)31-24(7)9-12-28-15-18-34(19-16-29-13-10-25(8)32-22(3)4)20-17-30-14-11-26(27)33-23(5)6/h21-23,28-32H,7-20H2,1-6H3,(H2,27,33). The number of nitrogens with one attached hydrogen (secondary N) is 5. The zero-order valence-corrected chi connectivity index (χ0v) is 23.1. The van der Waals surface area contributed by atoms with Gasteiger partial charge in [-0.25, -0.2) is 0 Å². The van der Waals surface area contributed by atoms with Gasteiger partial charge < -0.3 is 32.3 Å². The molecule has 0 heterocycles. The van der Waals surface area contributed by atoms with Crippen molar-refractivity contribution in [2.75, 3.05) is 58.9 Å². The maximum absolute atomic E-state index is 5.96. The van der Waals surface area contributed by atoms with E-state index in [4.69, 9.17) is 5.73 Å². The Morgan fingerprint density at radius 3 is 1.41 bits per heavy atom. The Hall–Kier alpha value is -1.61. The SMILES string of the molecule is C=C(CCNCCN(CCNCCC(=C)NC(C)C)CCNCCC(N)=NC(C)C)NC(C)C. The molecule has 0 saturated carbocycles. The van der Waals surface area contributed by atoms with Crippen molar-refractivity contribution in [2.24, 2.45) is 10.7 Å². The summed E-state index contributed by atoms with van der Waals surface area (Å²) in [7, 11) is 0. The van der Waals surface area contributed by atoms with Crippen LogP contribution in [0.25, 0.3) is 0 Å². The first kappa shape index (κ1) is 32.4. The largest absolute Gasteiger partial charge is 0.387 e. The number of nitrogens with zero attached hydrogens (tertiary/aromatic N) is 2. The average molecular weight is 481 g/mol. The number of amidine groups is 1. The van der Waals surface area contributed by atoms with Crippen LogP contribution < -0.4 is 32.3 Å². The normalized spacial score (nSPS) is 12.2. The predicted molar refractivity (Wildman–Crippen MR) is 150 cm³/mol. The molecule has 0 aromatic carbocycles. The van der Waals surface area contributed by atoms with Crippen LogP contribution in [0.5, 0.6) is 0 Å². The third-order valence-corrected chi connectivity index (χ3v) is 4.99. The molecule has 0 unspecified atom stereocenters. The summed E-state index contributed by atoms with van der Waals surface area (Å²) in [6.45, 7) is 29.5. The summed E-state index contributed by atoms with van der Waals surface area (Å²) < 4.78 is 0. The van der Waals surface area contributed by atoms with E-state index in [2.05, 4.69) is 77.3 Å². The van der Waals surface area contributed by atoms with Gasteiger partial charge in [0, 0.05) is 94.8 Å². The molecule has 0 rings (SSSR count). The van der Waals surface area contributed by atoms with Gasteiger partial charge >= 0.3 is 0 Å². The molecule has 0 aliphatic heterocycles. The molecule has 0 bridgehead atoms. The van der Waals surface area contributed by atoms with Crippen molar-refractivity contribution in [1.29, 1.82) is 0 Å². The smallest absolute Gasteiger partial charge is 0.0953 e. The molecule has 7 N–H and O–H groups in total. The van der Waals surface area contributed by atoms with Crippen molar-refractivity contribution in [2.45, 2.75) is 78.9 Å². The second-order valence-electron chi connectivity index (χ2n) is 9.86. The minimum Gasteiger partial charge on any atom is -0.387 e. The van der Waals surface area contributed by atoms with Gasteiger partial charge in [0.05, 0.1) is 5.84 Å². The van der Waals surface area contributed by atoms with Gasteiger partial charge in [-0.1, -0.05) is 13.2 Å². The molecule has 200 valence electrons.